The molecule has 13 heavy (non-hydrogen) atoms. The largest absolute Gasteiger partial charge is 0.454 e. The quantitative estimate of drug-likeness (QED) is 0.581. The maximum atomic E-state index is 5.40. The fourth-order valence-corrected chi connectivity index (χ4v) is 1.50. The summed E-state index contributed by atoms with van der Waals surface area (Å²) in [5.41, 5.74) is 0. The van der Waals surface area contributed by atoms with Crippen molar-refractivity contribution in [3.8, 4) is 0 Å². The van der Waals surface area contributed by atoms with Crippen molar-refractivity contribution in [3.63, 3.8) is 0 Å². The Labute approximate surface area is 79.2 Å². The standard InChI is InChI=1S/C7H14B2O4/c1-3-10-8(11-4-1)7-9-12-5-2-6-13-9/h1-7H2. The molecule has 0 saturated carbocycles. The smallest absolute Gasteiger partial charge is 0.411 e. The second-order valence-corrected chi connectivity index (χ2v) is 3.29. The van der Waals surface area contributed by atoms with Crippen LogP contribution in [-0.4, -0.2) is 40.7 Å². The lowest BCUT2D eigenvalue weighted by Crippen LogP contribution is -2.39. The van der Waals surface area contributed by atoms with E-state index in [0.29, 0.717) is 6.22 Å². The Kier molecular flexibility index (Phi) is 3.66. The molecule has 6 heteroatoms. The first-order valence-corrected chi connectivity index (χ1v) is 4.91. The van der Waals surface area contributed by atoms with Crippen LogP contribution in [0.2, 0.25) is 6.22 Å². The summed E-state index contributed by atoms with van der Waals surface area (Å²) >= 11 is 0. The van der Waals surface area contributed by atoms with E-state index in [1.807, 2.05) is 0 Å². The van der Waals surface area contributed by atoms with E-state index in [0.717, 1.165) is 39.3 Å². The SMILES string of the molecule is C1COB(CB2OCCCO2)OC1. The van der Waals surface area contributed by atoms with E-state index in [1.165, 1.54) is 0 Å². The Morgan fingerprint density at radius 3 is 1.46 bits per heavy atom. The highest BCUT2D eigenvalue weighted by Gasteiger charge is 2.32. The first-order valence-electron chi connectivity index (χ1n) is 4.91. The highest BCUT2D eigenvalue weighted by molar-refractivity contribution is 6.64. The van der Waals surface area contributed by atoms with E-state index in [-0.39, 0.29) is 14.2 Å². The minimum Gasteiger partial charge on any atom is -0.411 e. The highest BCUT2D eigenvalue weighted by atomic mass is 16.6. The molecular formula is C7H14B2O4. The summed E-state index contributed by atoms with van der Waals surface area (Å²) < 4.78 is 21.6. The molecule has 2 fully saturated rings. The lowest BCUT2D eigenvalue weighted by Gasteiger charge is -2.24. The van der Waals surface area contributed by atoms with Gasteiger partial charge in [0.1, 0.15) is 0 Å². The van der Waals surface area contributed by atoms with Crippen LogP contribution in [0.3, 0.4) is 0 Å². The molecule has 2 rings (SSSR count). The molecule has 0 atom stereocenters. The van der Waals surface area contributed by atoms with Gasteiger partial charge in [0.2, 0.25) is 0 Å². The van der Waals surface area contributed by atoms with Gasteiger partial charge in [-0.25, -0.2) is 0 Å². The Morgan fingerprint density at radius 1 is 0.692 bits per heavy atom. The molecule has 2 heterocycles. The second-order valence-electron chi connectivity index (χ2n) is 3.29. The lowest BCUT2D eigenvalue weighted by atomic mass is 9.63. The van der Waals surface area contributed by atoms with Gasteiger partial charge in [0.15, 0.2) is 0 Å². The van der Waals surface area contributed by atoms with Crippen molar-refractivity contribution in [2.45, 2.75) is 19.1 Å². The van der Waals surface area contributed by atoms with E-state index in [2.05, 4.69) is 0 Å². The molecule has 0 N–H and O–H groups in total. The predicted octanol–water partition coefficient (Wildman–Crippen LogP) is 0.376. The zero-order valence-corrected chi connectivity index (χ0v) is 7.74. The Morgan fingerprint density at radius 2 is 1.08 bits per heavy atom. The third-order valence-corrected chi connectivity index (χ3v) is 2.18. The topological polar surface area (TPSA) is 36.9 Å². The van der Waals surface area contributed by atoms with E-state index in [4.69, 9.17) is 18.6 Å². The number of hydrogen-bond acceptors (Lipinski definition) is 4. The average molecular weight is 184 g/mol. The molecule has 2 aliphatic heterocycles. The van der Waals surface area contributed by atoms with E-state index in [9.17, 15) is 0 Å². The molecule has 72 valence electrons. The summed E-state index contributed by atoms with van der Waals surface area (Å²) in [6, 6.07) is 0. The van der Waals surface area contributed by atoms with Gasteiger partial charge in [-0.3, -0.25) is 0 Å². The van der Waals surface area contributed by atoms with Crippen LogP contribution in [0.5, 0.6) is 0 Å². The van der Waals surface area contributed by atoms with Crippen LogP contribution in [0, 0.1) is 0 Å². The maximum absolute atomic E-state index is 5.40. The Balaban J connectivity index is 1.69. The van der Waals surface area contributed by atoms with Crippen molar-refractivity contribution in [2.75, 3.05) is 26.4 Å². The molecule has 0 aliphatic carbocycles. The van der Waals surface area contributed by atoms with Crippen LogP contribution < -0.4 is 0 Å². The van der Waals surface area contributed by atoms with Crippen molar-refractivity contribution >= 4 is 14.2 Å². The molecular weight excluding hydrogens is 170 g/mol. The van der Waals surface area contributed by atoms with Gasteiger partial charge in [-0.15, -0.1) is 0 Å². The number of rotatable bonds is 2. The predicted molar refractivity (Wildman–Crippen MR) is 49.4 cm³/mol. The highest BCUT2D eigenvalue weighted by Crippen LogP contribution is 2.12. The number of hydrogen-bond donors (Lipinski definition) is 0. The van der Waals surface area contributed by atoms with Gasteiger partial charge < -0.3 is 18.6 Å². The monoisotopic (exact) mass is 184 g/mol. The van der Waals surface area contributed by atoms with Crippen molar-refractivity contribution < 1.29 is 18.6 Å². The van der Waals surface area contributed by atoms with E-state index >= 15 is 0 Å². The zero-order chi connectivity index (χ0) is 8.93. The molecule has 0 aromatic heterocycles. The summed E-state index contributed by atoms with van der Waals surface area (Å²) in [4.78, 5) is 0. The summed E-state index contributed by atoms with van der Waals surface area (Å²) in [6.45, 7) is 3.16. The molecule has 0 spiro atoms. The fraction of sp³-hybridized carbons (Fsp3) is 1.00. The molecule has 0 aromatic rings. The maximum Gasteiger partial charge on any atom is 0.454 e. The molecule has 2 aliphatic rings. The lowest BCUT2D eigenvalue weighted by molar-refractivity contribution is 0.119. The molecule has 0 unspecified atom stereocenters. The van der Waals surface area contributed by atoms with Gasteiger partial charge in [0, 0.05) is 32.6 Å². The summed E-state index contributed by atoms with van der Waals surface area (Å²) in [5, 5.41) is 0. The van der Waals surface area contributed by atoms with Crippen LogP contribution in [0.25, 0.3) is 0 Å². The van der Waals surface area contributed by atoms with Gasteiger partial charge in [-0.2, -0.15) is 0 Å². The average Bonchev–Trinajstić information content (AvgIpc) is 2.21. The van der Waals surface area contributed by atoms with Crippen molar-refractivity contribution in [1.29, 1.82) is 0 Å². The summed E-state index contributed by atoms with van der Waals surface area (Å²) in [5.74, 6) is 0. The molecule has 0 radical (unpaired) electrons. The third kappa shape index (κ3) is 2.98. The fourth-order valence-electron chi connectivity index (χ4n) is 1.50. The van der Waals surface area contributed by atoms with Crippen molar-refractivity contribution in [1.82, 2.24) is 0 Å². The van der Waals surface area contributed by atoms with Gasteiger partial charge in [0.25, 0.3) is 0 Å². The van der Waals surface area contributed by atoms with Crippen LogP contribution in [0.15, 0.2) is 0 Å². The summed E-state index contributed by atoms with van der Waals surface area (Å²) in [7, 11) is -0.256. The van der Waals surface area contributed by atoms with E-state index in [1.54, 1.807) is 0 Å². The normalized spacial score (nSPS) is 24.9. The van der Waals surface area contributed by atoms with Crippen LogP contribution >= 0.6 is 0 Å². The van der Waals surface area contributed by atoms with Crippen LogP contribution in [0.4, 0.5) is 0 Å². The zero-order valence-electron chi connectivity index (χ0n) is 7.74. The van der Waals surface area contributed by atoms with Crippen LogP contribution in [-0.2, 0) is 18.6 Å². The molecule has 2 saturated heterocycles. The van der Waals surface area contributed by atoms with Gasteiger partial charge in [-0.1, -0.05) is 0 Å². The molecule has 0 aromatic carbocycles. The van der Waals surface area contributed by atoms with Crippen molar-refractivity contribution in [3.05, 3.63) is 0 Å². The van der Waals surface area contributed by atoms with Crippen LogP contribution in [0.1, 0.15) is 12.8 Å². The minimum absolute atomic E-state index is 0.128. The first-order chi connectivity index (χ1) is 6.45. The third-order valence-electron chi connectivity index (χ3n) is 2.18. The van der Waals surface area contributed by atoms with E-state index < -0.39 is 0 Å². The Bertz CT molecular complexity index is 129. The Hall–Kier alpha value is -0.0301. The van der Waals surface area contributed by atoms with Gasteiger partial charge in [0.05, 0.1) is 0 Å². The first kappa shape index (κ1) is 9.52. The summed E-state index contributed by atoms with van der Waals surface area (Å²) in [6.07, 6.45) is 2.67. The van der Waals surface area contributed by atoms with Crippen molar-refractivity contribution in [2.24, 2.45) is 0 Å². The minimum atomic E-state index is -0.128. The molecule has 4 nitrogen and oxygen atoms in total. The van der Waals surface area contributed by atoms with Gasteiger partial charge >= 0.3 is 14.2 Å². The molecule has 0 amide bonds. The second kappa shape index (κ2) is 5.00. The van der Waals surface area contributed by atoms with Gasteiger partial charge in [-0.05, 0) is 12.8 Å². The molecule has 0 bridgehead atoms.